The molecule has 1 aromatic rings. The SMILES string of the molecule is CC(C)(C)C1=C[C@]2(C(C)(C)C)C(=O)C(c3ccccc3)=C[C@H]1C2=O. The van der Waals surface area contributed by atoms with Crippen LogP contribution in [-0.2, 0) is 9.59 Å². The van der Waals surface area contributed by atoms with Gasteiger partial charge in [-0.3, -0.25) is 9.59 Å². The molecule has 0 saturated heterocycles. The fourth-order valence-corrected chi connectivity index (χ4v) is 4.03. The van der Waals surface area contributed by atoms with Gasteiger partial charge in [0.25, 0.3) is 0 Å². The first-order valence-electron chi connectivity index (χ1n) is 8.60. The second-order valence-electron chi connectivity index (χ2n) is 9.03. The summed E-state index contributed by atoms with van der Waals surface area (Å²) >= 11 is 0. The van der Waals surface area contributed by atoms with Gasteiger partial charge in [0, 0.05) is 5.57 Å². The van der Waals surface area contributed by atoms with Crippen LogP contribution in [0.2, 0.25) is 0 Å². The largest absolute Gasteiger partial charge is 0.297 e. The van der Waals surface area contributed by atoms with Crippen molar-refractivity contribution in [3.05, 3.63) is 53.6 Å². The van der Waals surface area contributed by atoms with E-state index in [4.69, 9.17) is 0 Å². The molecular weight excluding hydrogens is 296 g/mol. The number of fused-ring (bicyclic) bond motifs is 2. The smallest absolute Gasteiger partial charge is 0.181 e. The number of carbonyl (C=O) groups is 2. The van der Waals surface area contributed by atoms with Gasteiger partial charge in [-0.25, -0.2) is 0 Å². The van der Waals surface area contributed by atoms with E-state index >= 15 is 0 Å². The third kappa shape index (κ3) is 2.16. The van der Waals surface area contributed by atoms with Gasteiger partial charge < -0.3 is 0 Å². The second-order valence-corrected chi connectivity index (χ2v) is 9.03. The molecule has 1 aromatic carbocycles. The zero-order chi connectivity index (χ0) is 17.9. The molecule has 3 rings (SSSR count). The lowest BCUT2D eigenvalue weighted by molar-refractivity contribution is -0.141. The zero-order valence-corrected chi connectivity index (χ0v) is 15.4. The molecule has 0 N–H and O–H groups in total. The monoisotopic (exact) mass is 322 g/mol. The standard InChI is InChI=1S/C22H26O2/c1-20(2,3)17-13-22(21(4,5)6)18(23)15(12-16(17)19(22)24)14-10-8-7-9-11-14/h7-13,16H,1-6H3/t16-,22+/m1/s1. The maximum absolute atomic E-state index is 13.5. The van der Waals surface area contributed by atoms with Crippen LogP contribution in [-0.4, -0.2) is 11.6 Å². The topological polar surface area (TPSA) is 34.1 Å². The summed E-state index contributed by atoms with van der Waals surface area (Å²) in [5, 5.41) is 0. The van der Waals surface area contributed by atoms with Gasteiger partial charge in [-0.05, 0) is 16.4 Å². The van der Waals surface area contributed by atoms with Crippen LogP contribution in [0, 0.1) is 22.2 Å². The van der Waals surface area contributed by atoms with Crippen LogP contribution in [0.15, 0.2) is 48.1 Å². The molecular formula is C22H26O2. The van der Waals surface area contributed by atoms with Crippen LogP contribution in [0.5, 0.6) is 0 Å². The number of rotatable bonds is 1. The van der Waals surface area contributed by atoms with Crippen molar-refractivity contribution in [1.82, 2.24) is 0 Å². The molecule has 0 aromatic heterocycles. The fourth-order valence-electron chi connectivity index (χ4n) is 4.03. The van der Waals surface area contributed by atoms with Gasteiger partial charge >= 0.3 is 0 Å². The number of carbonyl (C=O) groups excluding carboxylic acids is 2. The summed E-state index contributed by atoms with van der Waals surface area (Å²) in [4.78, 5) is 26.8. The third-order valence-electron chi connectivity index (χ3n) is 5.45. The highest BCUT2D eigenvalue weighted by molar-refractivity contribution is 6.35. The minimum absolute atomic E-state index is 0.0459. The van der Waals surface area contributed by atoms with E-state index in [0.717, 1.165) is 11.1 Å². The van der Waals surface area contributed by atoms with Gasteiger partial charge in [0.1, 0.15) is 5.41 Å². The third-order valence-corrected chi connectivity index (χ3v) is 5.45. The van der Waals surface area contributed by atoms with Crippen LogP contribution < -0.4 is 0 Å². The van der Waals surface area contributed by atoms with E-state index < -0.39 is 10.8 Å². The Morgan fingerprint density at radius 2 is 1.50 bits per heavy atom. The van der Waals surface area contributed by atoms with E-state index in [1.807, 2.05) is 63.3 Å². The minimum Gasteiger partial charge on any atom is -0.297 e. The molecule has 0 heterocycles. The molecule has 0 radical (unpaired) electrons. The maximum Gasteiger partial charge on any atom is 0.181 e. The molecule has 0 amide bonds. The summed E-state index contributed by atoms with van der Waals surface area (Å²) in [6.45, 7) is 12.3. The Bertz CT molecular complexity index is 766. The van der Waals surface area contributed by atoms with E-state index in [9.17, 15) is 9.59 Å². The lowest BCUT2D eigenvalue weighted by Gasteiger charge is -2.40. The first-order chi connectivity index (χ1) is 11.0. The van der Waals surface area contributed by atoms with Crippen molar-refractivity contribution in [3.63, 3.8) is 0 Å². The predicted molar refractivity (Wildman–Crippen MR) is 97.3 cm³/mol. The molecule has 0 unspecified atom stereocenters. The van der Waals surface area contributed by atoms with E-state index in [1.165, 1.54) is 0 Å². The average Bonchev–Trinajstić information content (AvgIpc) is 2.69. The van der Waals surface area contributed by atoms with E-state index in [1.54, 1.807) is 0 Å². The van der Waals surface area contributed by atoms with E-state index in [-0.39, 0.29) is 22.9 Å². The highest BCUT2D eigenvalue weighted by Gasteiger charge is 2.62. The molecule has 2 atom stereocenters. The van der Waals surface area contributed by atoms with Gasteiger partial charge in [-0.1, -0.05) is 89.6 Å². The van der Waals surface area contributed by atoms with Gasteiger partial charge in [0.2, 0.25) is 0 Å². The molecule has 2 aliphatic rings. The Kier molecular flexibility index (Phi) is 3.53. The average molecular weight is 322 g/mol. The number of hydrogen-bond donors (Lipinski definition) is 0. The van der Waals surface area contributed by atoms with Crippen molar-refractivity contribution in [2.45, 2.75) is 41.5 Å². The first kappa shape index (κ1) is 16.9. The number of ketones is 2. The maximum atomic E-state index is 13.5. The summed E-state index contributed by atoms with van der Waals surface area (Å²) in [6, 6.07) is 9.71. The Balaban J connectivity index is 2.28. The highest BCUT2D eigenvalue weighted by atomic mass is 16.2. The Hall–Kier alpha value is -1.96. The molecule has 2 heteroatoms. The summed E-state index contributed by atoms with van der Waals surface area (Å²) < 4.78 is 0. The van der Waals surface area contributed by atoms with Crippen molar-refractivity contribution < 1.29 is 9.59 Å². The van der Waals surface area contributed by atoms with Crippen LogP contribution in [0.3, 0.4) is 0 Å². The Morgan fingerprint density at radius 3 is 2.00 bits per heavy atom. The molecule has 2 nitrogen and oxygen atoms in total. The molecule has 0 fully saturated rings. The molecule has 2 aliphatic carbocycles. The first-order valence-corrected chi connectivity index (χ1v) is 8.60. The molecule has 24 heavy (non-hydrogen) atoms. The molecule has 0 saturated carbocycles. The summed E-state index contributed by atoms with van der Waals surface area (Å²) in [5.41, 5.74) is 1.00. The van der Waals surface area contributed by atoms with Gasteiger partial charge in [-0.15, -0.1) is 0 Å². The van der Waals surface area contributed by atoms with Gasteiger partial charge in [0.05, 0.1) is 5.92 Å². The van der Waals surface area contributed by atoms with Crippen molar-refractivity contribution in [2.75, 3.05) is 0 Å². The molecule has 126 valence electrons. The van der Waals surface area contributed by atoms with Crippen molar-refractivity contribution in [1.29, 1.82) is 0 Å². The van der Waals surface area contributed by atoms with E-state index in [0.29, 0.717) is 5.57 Å². The lowest BCUT2D eigenvalue weighted by atomic mass is 9.58. The fraction of sp³-hybridized carbons (Fsp3) is 0.455. The van der Waals surface area contributed by atoms with Crippen LogP contribution >= 0.6 is 0 Å². The summed E-state index contributed by atoms with van der Waals surface area (Å²) in [5.74, 6) is -0.302. The van der Waals surface area contributed by atoms with Gasteiger partial charge in [0.15, 0.2) is 11.6 Å². The summed E-state index contributed by atoms with van der Waals surface area (Å²) in [7, 11) is 0. The zero-order valence-electron chi connectivity index (χ0n) is 15.4. The quantitative estimate of drug-likeness (QED) is 0.547. The number of hydrogen-bond acceptors (Lipinski definition) is 2. The van der Waals surface area contributed by atoms with Crippen LogP contribution in [0.1, 0.15) is 47.1 Å². The second kappa shape index (κ2) is 5.02. The lowest BCUT2D eigenvalue weighted by Crippen LogP contribution is -2.49. The summed E-state index contributed by atoms with van der Waals surface area (Å²) in [6.07, 6.45) is 3.89. The van der Waals surface area contributed by atoms with Crippen LogP contribution in [0.25, 0.3) is 5.57 Å². The number of benzene rings is 1. The Labute approximate surface area is 144 Å². The van der Waals surface area contributed by atoms with Crippen molar-refractivity contribution in [2.24, 2.45) is 22.2 Å². The normalized spacial score (nSPS) is 27.2. The predicted octanol–water partition coefficient (Wildman–Crippen LogP) is 4.86. The van der Waals surface area contributed by atoms with E-state index in [2.05, 4.69) is 20.8 Å². The van der Waals surface area contributed by atoms with Gasteiger partial charge in [-0.2, -0.15) is 0 Å². The number of Topliss-reactive ketones (excluding diaryl/α,β-unsaturated/α-hetero) is 2. The Morgan fingerprint density at radius 1 is 0.917 bits per heavy atom. The molecule has 0 spiro atoms. The van der Waals surface area contributed by atoms with Crippen molar-refractivity contribution >= 4 is 17.1 Å². The molecule has 0 aliphatic heterocycles. The highest BCUT2D eigenvalue weighted by Crippen LogP contribution is 2.58. The van der Waals surface area contributed by atoms with Crippen molar-refractivity contribution in [3.8, 4) is 0 Å². The number of allylic oxidation sites excluding steroid dienone is 4. The minimum atomic E-state index is -1.06. The van der Waals surface area contributed by atoms with Crippen LogP contribution in [0.4, 0.5) is 0 Å². The molecule has 2 bridgehead atoms.